The Labute approximate surface area is 225 Å². The third-order valence-electron chi connectivity index (χ3n) is 6.07. The van der Waals surface area contributed by atoms with Crippen molar-refractivity contribution in [1.29, 1.82) is 0 Å². The van der Waals surface area contributed by atoms with Crippen LogP contribution in [-0.4, -0.2) is 16.5 Å². The highest BCUT2D eigenvalue weighted by molar-refractivity contribution is 6.75. The minimum Gasteiger partial charge on any atom is -0.410 e. The first-order valence-corrected chi connectivity index (χ1v) is 20.2. The Balaban J connectivity index is 1.72. The number of benzene rings is 3. The van der Waals surface area contributed by atoms with E-state index in [9.17, 15) is 0 Å². The average molecular weight is 521 g/mol. The van der Waals surface area contributed by atoms with E-state index in [1.54, 1.807) is 0 Å². The lowest BCUT2D eigenvalue weighted by atomic mass is 9.95. The first-order valence-electron chi connectivity index (χ1n) is 13.2. The Kier molecular flexibility index (Phi) is 8.20. The van der Waals surface area contributed by atoms with Gasteiger partial charge in [-0.2, -0.15) is 0 Å². The van der Waals surface area contributed by atoms with Gasteiger partial charge in [-0.25, -0.2) is 0 Å². The van der Waals surface area contributed by atoms with E-state index in [4.69, 9.17) is 0 Å². The van der Waals surface area contributed by atoms with Crippen LogP contribution >= 0.6 is 0 Å². The molecule has 0 heterocycles. The van der Waals surface area contributed by atoms with E-state index in [0.29, 0.717) is 0 Å². The summed E-state index contributed by atoms with van der Waals surface area (Å²) in [5, 5.41) is 0. The summed E-state index contributed by atoms with van der Waals surface area (Å²) in [6.45, 7) is 14.1. The van der Waals surface area contributed by atoms with Gasteiger partial charge >= 0.3 is 0 Å². The molecule has 0 atom stereocenters. The molecule has 3 aromatic rings. The summed E-state index contributed by atoms with van der Waals surface area (Å²) in [7, 11) is -3.19. The van der Waals surface area contributed by atoms with Gasteiger partial charge in [-0.05, 0) is 45.9 Å². The second kappa shape index (κ2) is 11.4. The summed E-state index contributed by atoms with van der Waals surface area (Å²) in [6, 6.07) is 30.2. The molecule has 0 saturated heterocycles. The fourth-order valence-corrected chi connectivity index (χ4v) is 6.48. The van der Waals surface area contributed by atoms with Gasteiger partial charge in [-0.3, -0.25) is 0 Å². The maximum atomic E-state index is 3.94. The van der Waals surface area contributed by atoms with E-state index in [-0.39, 0.29) is 0 Å². The van der Waals surface area contributed by atoms with Gasteiger partial charge in [0.05, 0.1) is 0 Å². The molecule has 0 unspecified atom stereocenters. The predicted molar refractivity (Wildman–Crippen MR) is 168 cm³/mol. The topological polar surface area (TPSA) is 24.1 Å². The van der Waals surface area contributed by atoms with Gasteiger partial charge < -0.3 is 9.96 Å². The van der Waals surface area contributed by atoms with Crippen LogP contribution in [0.4, 0.5) is 0 Å². The molecule has 0 radical (unpaired) electrons. The van der Waals surface area contributed by atoms with Crippen LogP contribution in [0.3, 0.4) is 0 Å². The number of nitrogens with one attached hydrogen (secondary N) is 2. The zero-order chi connectivity index (χ0) is 26.5. The minimum absolute atomic E-state index is 0.914. The summed E-state index contributed by atoms with van der Waals surface area (Å²) in [5.74, 6) is 0. The Hall–Kier alpha value is -3.35. The maximum Gasteiger partial charge on any atom is 0.144 e. The molecule has 0 fully saturated rings. The molecule has 3 aromatic carbocycles. The molecule has 0 bridgehead atoms. The fraction of sp³-hybridized carbons (Fsp3) is 0.212. The van der Waals surface area contributed by atoms with E-state index >= 15 is 0 Å². The summed E-state index contributed by atoms with van der Waals surface area (Å²) < 4.78 is 0. The van der Waals surface area contributed by atoms with E-state index in [1.807, 2.05) is 0 Å². The third kappa shape index (κ3) is 7.82. The van der Waals surface area contributed by atoms with Gasteiger partial charge in [0.15, 0.2) is 0 Å². The Bertz CT molecular complexity index is 1320. The van der Waals surface area contributed by atoms with Gasteiger partial charge in [0, 0.05) is 11.4 Å². The molecule has 0 saturated carbocycles. The largest absolute Gasteiger partial charge is 0.410 e. The van der Waals surface area contributed by atoms with Crippen molar-refractivity contribution in [3.63, 3.8) is 0 Å². The summed E-state index contributed by atoms with van der Waals surface area (Å²) in [6.07, 6.45) is 10.2. The first kappa shape index (κ1) is 26.7. The predicted octanol–water partition coefficient (Wildman–Crippen LogP) is 8.84. The highest BCUT2D eigenvalue weighted by Crippen LogP contribution is 2.28. The molecule has 1 aliphatic carbocycles. The van der Waals surface area contributed by atoms with E-state index < -0.39 is 16.5 Å². The van der Waals surface area contributed by atoms with Crippen LogP contribution in [0.1, 0.15) is 17.5 Å². The lowest BCUT2D eigenvalue weighted by Gasteiger charge is -2.27. The molecule has 2 nitrogen and oxygen atoms in total. The Morgan fingerprint density at radius 3 is 1.68 bits per heavy atom. The van der Waals surface area contributed by atoms with Gasteiger partial charge in [0.1, 0.15) is 16.5 Å². The van der Waals surface area contributed by atoms with E-state index in [0.717, 1.165) is 6.42 Å². The van der Waals surface area contributed by atoms with Crippen LogP contribution in [0.5, 0.6) is 0 Å². The molecule has 1 aliphatic rings. The highest BCUT2D eigenvalue weighted by Gasteiger charge is 2.20. The third-order valence-corrected chi connectivity index (χ3v) is 8.11. The standard InChI is InChI=1S/C33H40N2Si2/c1-36(2,3)34-32(30-21-17-28(18-22-30)26-13-9-7-10-14-26)25-33(35-37(4,5)6)31-23-19-29(20-24-31)27-15-11-8-12-16-27/h7-23,25,34-35H,24H2,1-6H3/b32-25-,33-31+. The maximum absolute atomic E-state index is 3.94. The van der Waals surface area contributed by atoms with Crippen molar-refractivity contribution < 1.29 is 0 Å². The van der Waals surface area contributed by atoms with Crippen LogP contribution in [-0.2, 0) is 0 Å². The van der Waals surface area contributed by atoms with Crippen molar-refractivity contribution >= 4 is 27.7 Å². The molecular formula is C33H40N2Si2. The summed E-state index contributed by atoms with van der Waals surface area (Å²) in [4.78, 5) is 7.86. The van der Waals surface area contributed by atoms with Crippen LogP contribution in [0.25, 0.3) is 22.4 Å². The number of allylic oxidation sites excluding steroid dienone is 6. The quantitative estimate of drug-likeness (QED) is 0.290. The SMILES string of the molecule is C[Si](C)(C)N/C(=C\C(N[Si](C)(C)C)=C1\C=CC(c2ccccc2)=CC1)c1ccc(-c2ccccc2)cc1. The monoisotopic (exact) mass is 520 g/mol. The van der Waals surface area contributed by atoms with E-state index in [1.165, 1.54) is 44.8 Å². The molecule has 0 aliphatic heterocycles. The Morgan fingerprint density at radius 2 is 1.16 bits per heavy atom. The second-order valence-corrected chi connectivity index (χ2v) is 21.3. The molecule has 0 spiro atoms. The van der Waals surface area contributed by atoms with Crippen LogP contribution < -0.4 is 9.96 Å². The van der Waals surface area contributed by atoms with Gasteiger partial charge in [0.2, 0.25) is 0 Å². The van der Waals surface area contributed by atoms with Crippen molar-refractivity contribution in [2.45, 2.75) is 45.7 Å². The van der Waals surface area contributed by atoms with Crippen molar-refractivity contribution in [3.05, 3.63) is 132 Å². The van der Waals surface area contributed by atoms with E-state index in [2.05, 4.69) is 158 Å². The molecule has 37 heavy (non-hydrogen) atoms. The molecule has 4 rings (SSSR count). The molecule has 190 valence electrons. The molecule has 4 heteroatoms. The normalized spacial score (nSPS) is 15.7. The minimum atomic E-state index is -1.60. The van der Waals surface area contributed by atoms with Gasteiger partial charge in [0.25, 0.3) is 0 Å². The van der Waals surface area contributed by atoms with Crippen LogP contribution in [0.2, 0.25) is 39.3 Å². The molecule has 0 amide bonds. The van der Waals surface area contributed by atoms with Crippen molar-refractivity contribution in [1.82, 2.24) is 9.96 Å². The zero-order valence-corrected chi connectivity index (χ0v) is 25.1. The summed E-state index contributed by atoms with van der Waals surface area (Å²) in [5.41, 5.74) is 10.0. The lowest BCUT2D eigenvalue weighted by molar-refractivity contribution is 1.09. The molecular weight excluding hydrogens is 481 g/mol. The highest BCUT2D eigenvalue weighted by atomic mass is 28.3. The molecule has 2 N–H and O–H groups in total. The van der Waals surface area contributed by atoms with Crippen LogP contribution in [0.15, 0.2) is 121 Å². The first-order chi connectivity index (χ1) is 17.6. The average Bonchev–Trinajstić information content (AvgIpc) is 2.88. The fourth-order valence-electron chi connectivity index (χ4n) is 4.42. The van der Waals surface area contributed by atoms with Gasteiger partial charge in [-0.1, -0.05) is 142 Å². The van der Waals surface area contributed by atoms with Gasteiger partial charge in [-0.15, -0.1) is 0 Å². The van der Waals surface area contributed by atoms with Crippen molar-refractivity contribution in [2.75, 3.05) is 0 Å². The number of rotatable bonds is 8. The van der Waals surface area contributed by atoms with Crippen molar-refractivity contribution in [3.8, 4) is 11.1 Å². The number of hydrogen-bond acceptors (Lipinski definition) is 2. The summed E-state index contributed by atoms with van der Waals surface area (Å²) >= 11 is 0. The molecule has 0 aromatic heterocycles. The number of hydrogen-bond donors (Lipinski definition) is 2. The van der Waals surface area contributed by atoms with Crippen molar-refractivity contribution in [2.24, 2.45) is 0 Å². The van der Waals surface area contributed by atoms with Crippen LogP contribution in [0, 0.1) is 0 Å². The second-order valence-electron chi connectivity index (χ2n) is 11.8. The zero-order valence-electron chi connectivity index (χ0n) is 23.1. The smallest absolute Gasteiger partial charge is 0.144 e. The lowest BCUT2D eigenvalue weighted by Crippen LogP contribution is -2.42. The Morgan fingerprint density at radius 1 is 0.622 bits per heavy atom.